The van der Waals surface area contributed by atoms with Crippen LogP contribution >= 0.6 is 0 Å². The summed E-state index contributed by atoms with van der Waals surface area (Å²) in [5, 5.41) is 12.1. The first-order chi connectivity index (χ1) is 8.00. The molecule has 0 unspecified atom stereocenters. The van der Waals surface area contributed by atoms with E-state index in [1.807, 2.05) is 26.0 Å². The van der Waals surface area contributed by atoms with Crippen molar-refractivity contribution in [1.29, 1.82) is 0 Å². The van der Waals surface area contributed by atoms with Crippen LogP contribution in [0.2, 0.25) is 0 Å². The highest BCUT2D eigenvalue weighted by molar-refractivity contribution is 5.86. The maximum atomic E-state index is 12.0. The first-order valence-electron chi connectivity index (χ1n) is 6.19. The van der Waals surface area contributed by atoms with Gasteiger partial charge in [0, 0.05) is 6.54 Å². The first-order valence-corrected chi connectivity index (χ1v) is 6.19. The van der Waals surface area contributed by atoms with E-state index in [1.165, 1.54) is 0 Å². The van der Waals surface area contributed by atoms with Crippen molar-refractivity contribution in [2.45, 2.75) is 20.3 Å². The Labute approximate surface area is 101 Å². The molecule has 17 heavy (non-hydrogen) atoms. The van der Waals surface area contributed by atoms with E-state index in [1.54, 1.807) is 0 Å². The summed E-state index contributed by atoms with van der Waals surface area (Å²) in [6.45, 7) is 4.66. The first kappa shape index (κ1) is 12.1. The minimum Gasteiger partial charge on any atom is -0.481 e. The average Bonchev–Trinajstić information content (AvgIpc) is 2.84. The second-order valence-electron chi connectivity index (χ2n) is 5.48. The van der Waals surface area contributed by atoms with Gasteiger partial charge in [-0.1, -0.05) is 26.0 Å². The van der Waals surface area contributed by atoms with Crippen molar-refractivity contribution in [3.8, 4) is 0 Å². The van der Waals surface area contributed by atoms with Crippen LogP contribution in [0.4, 0.5) is 0 Å². The predicted molar refractivity (Wildman–Crippen MR) is 63.2 cm³/mol. The van der Waals surface area contributed by atoms with Gasteiger partial charge in [-0.05, 0) is 24.2 Å². The summed E-state index contributed by atoms with van der Waals surface area (Å²) >= 11 is 0. The van der Waals surface area contributed by atoms with Crippen molar-refractivity contribution in [1.82, 2.24) is 5.32 Å². The molecular formula is C13H19NO3. The molecule has 1 saturated carbocycles. The molecular weight excluding hydrogens is 218 g/mol. The number of rotatable bonds is 4. The quantitative estimate of drug-likeness (QED) is 0.724. The van der Waals surface area contributed by atoms with Crippen LogP contribution in [0.3, 0.4) is 0 Å². The van der Waals surface area contributed by atoms with Crippen molar-refractivity contribution < 1.29 is 14.7 Å². The van der Waals surface area contributed by atoms with Gasteiger partial charge in [0.25, 0.3) is 0 Å². The number of hydrogen-bond donors (Lipinski definition) is 2. The summed E-state index contributed by atoms with van der Waals surface area (Å²) in [5.41, 5.74) is 0. The van der Waals surface area contributed by atoms with Gasteiger partial charge < -0.3 is 10.4 Å². The molecule has 4 nitrogen and oxygen atoms in total. The van der Waals surface area contributed by atoms with Gasteiger partial charge in [-0.15, -0.1) is 0 Å². The van der Waals surface area contributed by atoms with E-state index in [4.69, 9.17) is 0 Å². The Bertz CT molecular complexity index is 362. The molecule has 2 N–H and O–H groups in total. The summed E-state index contributed by atoms with van der Waals surface area (Å²) in [6.07, 6.45) is 4.77. The van der Waals surface area contributed by atoms with E-state index in [-0.39, 0.29) is 23.7 Å². The van der Waals surface area contributed by atoms with E-state index in [2.05, 4.69) is 5.32 Å². The summed E-state index contributed by atoms with van der Waals surface area (Å²) in [6, 6.07) is 0. The lowest BCUT2D eigenvalue weighted by molar-refractivity contribution is -0.147. The summed E-state index contributed by atoms with van der Waals surface area (Å²) < 4.78 is 0. The number of carbonyl (C=O) groups is 2. The zero-order valence-corrected chi connectivity index (χ0v) is 10.2. The zero-order chi connectivity index (χ0) is 12.6. The molecule has 0 spiro atoms. The number of amides is 1. The number of fused-ring (bicyclic) bond motifs is 2. The van der Waals surface area contributed by atoms with Gasteiger partial charge in [-0.3, -0.25) is 9.59 Å². The van der Waals surface area contributed by atoms with Crippen LogP contribution in [0.15, 0.2) is 12.2 Å². The van der Waals surface area contributed by atoms with Crippen LogP contribution in [-0.4, -0.2) is 23.5 Å². The van der Waals surface area contributed by atoms with Gasteiger partial charge in [0.2, 0.25) is 5.91 Å². The molecule has 4 heteroatoms. The number of aliphatic carboxylic acids is 1. The molecule has 0 saturated heterocycles. The SMILES string of the molecule is CC(C)CNC(=O)[C@@H]1[C@@H](C(=O)O)[C@H]2C=C[C@@H]1C2. The highest BCUT2D eigenvalue weighted by Gasteiger charge is 2.51. The van der Waals surface area contributed by atoms with Gasteiger partial charge in [0.15, 0.2) is 0 Å². The molecule has 0 heterocycles. The Morgan fingerprint density at radius 1 is 1.29 bits per heavy atom. The fourth-order valence-electron chi connectivity index (χ4n) is 2.94. The molecule has 2 aliphatic carbocycles. The standard InChI is InChI=1S/C13H19NO3/c1-7(2)6-14-12(15)10-8-3-4-9(5-8)11(10)13(16)17/h3-4,7-11H,5-6H2,1-2H3,(H,14,15)(H,16,17)/t8-,9+,10+,11+/m1/s1. The third kappa shape index (κ3) is 2.21. The smallest absolute Gasteiger partial charge is 0.307 e. The Kier molecular flexibility index (Phi) is 3.22. The molecule has 0 aliphatic heterocycles. The van der Waals surface area contributed by atoms with E-state index in [9.17, 15) is 14.7 Å². The summed E-state index contributed by atoms with van der Waals surface area (Å²) in [4.78, 5) is 23.3. The molecule has 2 rings (SSSR count). The minimum absolute atomic E-state index is 0.0484. The Morgan fingerprint density at radius 3 is 2.41 bits per heavy atom. The van der Waals surface area contributed by atoms with E-state index in [0.29, 0.717) is 12.5 Å². The third-order valence-corrected chi connectivity index (χ3v) is 3.73. The van der Waals surface area contributed by atoms with E-state index in [0.717, 1.165) is 6.42 Å². The lowest BCUT2D eigenvalue weighted by Gasteiger charge is -2.24. The van der Waals surface area contributed by atoms with Crippen LogP contribution in [0, 0.1) is 29.6 Å². The average molecular weight is 237 g/mol. The fraction of sp³-hybridized carbons (Fsp3) is 0.692. The number of allylic oxidation sites excluding steroid dienone is 2. The molecule has 4 atom stereocenters. The topological polar surface area (TPSA) is 66.4 Å². The van der Waals surface area contributed by atoms with Crippen molar-refractivity contribution >= 4 is 11.9 Å². The molecule has 0 aromatic carbocycles. The monoisotopic (exact) mass is 237 g/mol. The highest BCUT2D eigenvalue weighted by atomic mass is 16.4. The van der Waals surface area contributed by atoms with Crippen LogP contribution in [-0.2, 0) is 9.59 Å². The second-order valence-corrected chi connectivity index (χ2v) is 5.48. The second kappa shape index (κ2) is 4.51. The minimum atomic E-state index is -0.841. The molecule has 94 valence electrons. The predicted octanol–water partition coefficient (Wildman–Crippen LogP) is 1.28. The van der Waals surface area contributed by atoms with Crippen LogP contribution in [0.25, 0.3) is 0 Å². The number of nitrogens with one attached hydrogen (secondary N) is 1. The van der Waals surface area contributed by atoms with Crippen LogP contribution < -0.4 is 5.32 Å². The van der Waals surface area contributed by atoms with Gasteiger partial charge in [0.1, 0.15) is 0 Å². The van der Waals surface area contributed by atoms with Gasteiger partial charge >= 0.3 is 5.97 Å². The molecule has 0 aromatic rings. The number of carbonyl (C=O) groups excluding carboxylic acids is 1. The Morgan fingerprint density at radius 2 is 1.88 bits per heavy atom. The number of carboxylic acids is 1. The summed E-state index contributed by atoms with van der Waals surface area (Å²) in [5.74, 6) is -1.29. The van der Waals surface area contributed by atoms with Crippen molar-refractivity contribution in [3.05, 3.63) is 12.2 Å². The fourth-order valence-corrected chi connectivity index (χ4v) is 2.94. The van der Waals surface area contributed by atoms with Gasteiger partial charge in [-0.2, -0.15) is 0 Å². The molecule has 2 aliphatic rings. The van der Waals surface area contributed by atoms with Crippen molar-refractivity contribution in [3.63, 3.8) is 0 Å². The molecule has 1 amide bonds. The molecule has 1 fully saturated rings. The Hall–Kier alpha value is -1.32. The van der Waals surface area contributed by atoms with Gasteiger partial charge in [-0.25, -0.2) is 0 Å². The maximum Gasteiger partial charge on any atom is 0.307 e. The normalized spacial score (nSPS) is 34.3. The van der Waals surface area contributed by atoms with E-state index >= 15 is 0 Å². The molecule has 0 aromatic heterocycles. The van der Waals surface area contributed by atoms with Crippen LogP contribution in [0.5, 0.6) is 0 Å². The lowest BCUT2D eigenvalue weighted by Crippen LogP contribution is -2.41. The van der Waals surface area contributed by atoms with Crippen molar-refractivity contribution in [2.75, 3.05) is 6.54 Å². The maximum absolute atomic E-state index is 12.0. The largest absolute Gasteiger partial charge is 0.481 e. The zero-order valence-electron chi connectivity index (χ0n) is 10.2. The highest BCUT2D eigenvalue weighted by Crippen LogP contribution is 2.48. The molecule has 0 radical (unpaired) electrons. The lowest BCUT2D eigenvalue weighted by atomic mass is 9.82. The van der Waals surface area contributed by atoms with Crippen molar-refractivity contribution in [2.24, 2.45) is 29.6 Å². The summed E-state index contributed by atoms with van der Waals surface area (Å²) in [7, 11) is 0. The number of carboxylic acid groups (broad SMARTS) is 1. The number of hydrogen-bond acceptors (Lipinski definition) is 2. The molecule has 2 bridgehead atoms. The van der Waals surface area contributed by atoms with Crippen LogP contribution in [0.1, 0.15) is 20.3 Å². The van der Waals surface area contributed by atoms with Gasteiger partial charge in [0.05, 0.1) is 11.8 Å². The Balaban J connectivity index is 2.06. The third-order valence-electron chi connectivity index (χ3n) is 3.73. The van der Waals surface area contributed by atoms with E-state index < -0.39 is 11.9 Å².